The zero-order valence-electron chi connectivity index (χ0n) is 13.1. The second-order valence-corrected chi connectivity index (χ2v) is 5.74. The molecule has 1 amide bonds. The highest BCUT2D eigenvalue weighted by molar-refractivity contribution is 5.95. The van der Waals surface area contributed by atoms with E-state index >= 15 is 0 Å². The SMILES string of the molecule is CCCOc1cccc(C(=O)N2CCC(C(=O)O)(C(F)(F)F)C2)c1. The molecule has 2 rings (SSSR count). The van der Waals surface area contributed by atoms with Gasteiger partial charge in [0.25, 0.3) is 5.91 Å². The summed E-state index contributed by atoms with van der Waals surface area (Å²) in [7, 11) is 0. The van der Waals surface area contributed by atoms with Crippen LogP contribution in [0.4, 0.5) is 13.2 Å². The number of hydrogen-bond donors (Lipinski definition) is 1. The number of ether oxygens (including phenoxy) is 1. The van der Waals surface area contributed by atoms with Crippen LogP contribution in [0.5, 0.6) is 5.75 Å². The second-order valence-electron chi connectivity index (χ2n) is 5.74. The molecule has 1 aromatic rings. The molecule has 1 aliphatic rings. The van der Waals surface area contributed by atoms with Crippen molar-refractivity contribution in [3.05, 3.63) is 29.8 Å². The summed E-state index contributed by atoms with van der Waals surface area (Å²) in [6.45, 7) is 1.23. The van der Waals surface area contributed by atoms with E-state index in [9.17, 15) is 22.8 Å². The minimum atomic E-state index is -4.92. The number of rotatable bonds is 5. The fourth-order valence-electron chi connectivity index (χ4n) is 2.63. The summed E-state index contributed by atoms with van der Waals surface area (Å²) in [6, 6.07) is 6.14. The van der Waals surface area contributed by atoms with Gasteiger partial charge in [0.2, 0.25) is 0 Å². The molecular weight excluding hydrogens is 327 g/mol. The number of amides is 1. The van der Waals surface area contributed by atoms with Gasteiger partial charge in [-0.2, -0.15) is 13.2 Å². The first-order valence-electron chi connectivity index (χ1n) is 7.53. The van der Waals surface area contributed by atoms with E-state index in [-0.39, 0.29) is 12.1 Å². The van der Waals surface area contributed by atoms with Crippen LogP contribution in [0.2, 0.25) is 0 Å². The molecule has 0 radical (unpaired) electrons. The van der Waals surface area contributed by atoms with Crippen molar-refractivity contribution >= 4 is 11.9 Å². The lowest BCUT2D eigenvalue weighted by atomic mass is 9.86. The molecule has 1 N–H and O–H groups in total. The number of aliphatic carboxylic acids is 1. The fraction of sp³-hybridized carbons (Fsp3) is 0.500. The van der Waals surface area contributed by atoms with Crippen molar-refractivity contribution in [2.24, 2.45) is 5.41 Å². The average Bonchev–Trinajstić information content (AvgIpc) is 2.99. The van der Waals surface area contributed by atoms with E-state index in [1.807, 2.05) is 6.92 Å². The van der Waals surface area contributed by atoms with Crippen LogP contribution in [0.3, 0.4) is 0 Å². The van der Waals surface area contributed by atoms with E-state index in [1.54, 1.807) is 12.1 Å². The van der Waals surface area contributed by atoms with Crippen molar-refractivity contribution in [2.45, 2.75) is 25.9 Å². The first-order valence-corrected chi connectivity index (χ1v) is 7.53. The molecule has 1 aromatic carbocycles. The van der Waals surface area contributed by atoms with E-state index < -0.39 is 36.4 Å². The summed E-state index contributed by atoms with van der Waals surface area (Å²) >= 11 is 0. The molecule has 132 valence electrons. The third-order valence-electron chi connectivity index (χ3n) is 4.06. The molecule has 1 unspecified atom stereocenters. The summed E-state index contributed by atoms with van der Waals surface area (Å²) in [5, 5.41) is 9.03. The molecule has 1 saturated heterocycles. The van der Waals surface area contributed by atoms with Gasteiger partial charge in [-0.1, -0.05) is 13.0 Å². The van der Waals surface area contributed by atoms with Gasteiger partial charge >= 0.3 is 12.1 Å². The maximum Gasteiger partial charge on any atom is 0.406 e. The molecule has 24 heavy (non-hydrogen) atoms. The fourth-order valence-corrected chi connectivity index (χ4v) is 2.63. The van der Waals surface area contributed by atoms with E-state index in [2.05, 4.69) is 0 Å². The van der Waals surface area contributed by atoms with Gasteiger partial charge in [0, 0.05) is 18.7 Å². The highest BCUT2D eigenvalue weighted by atomic mass is 19.4. The van der Waals surface area contributed by atoms with Gasteiger partial charge in [0.15, 0.2) is 5.41 Å². The summed E-state index contributed by atoms with van der Waals surface area (Å²) in [4.78, 5) is 24.5. The number of carboxylic acids is 1. The molecule has 0 aromatic heterocycles. The first kappa shape index (κ1) is 18.1. The average molecular weight is 345 g/mol. The number of halogens is 3. The van der Waals surface area contributed by atoms with Crippen molar-refractivity contribution < 1.29 is 32.6 Å². The number of hydrogen-bond acceptors (Lipinski definition) is 3. The zero-order valence-corrected chi connectivity index (χ0v) is 13.1. The third kappa shape index (κ3) is 3.32. The Morgan fingerprint density at radius 2 is 2.08 bits per heavy atom. The normalized spacial score (nSPS) is 20.9. The molecule has 1 heterocycles. The van der Waals surface area contributed by atoms with Crippen molar-refractivity contribution in [1.82, 2.24) is 4.90 Å². The Bertz CT molecular complexity index is 632. The van der Waals surface area contributed by atoms with Crippen LogP contribution in [0.1, 0.15) is 30.1 Å². The summed E-state index contributed by atoms with van der Waals surface area (Å²) in [6.07, 6.45) is -4.79. The maximum absolute atomic E-state index is 13.2. The van der Waals surface area contributed by atoms with Crippen LogP contribution in [0, 0.1) is 5.41 Å². The maximum atomic E-state index is 13.2. The predicted octanol–water partition coefficient (Wildman–Crippen LogP) is 2.95. The number of carboxylic acid groups (broad SMARTS) is 1. The standard InChI is InChI=1S/C16H18F3NO4/c1-2-8-24-12-5-3-4-11(9-12)13(21)20-7-6-15(10-20,14(22)23)16(17,18)19/h3-5,9H,2,6-8,10H2,1H3,(H,22,23). The minimum Gasteiger partial charge on any atom is -0.494 e. The number of likely N-dealkylation sites (tertiary alicyclic amines) is 1. The van der Waals surface area contributed by atoms with E-state index in [0.29, 0.717) is 12.4 Å². The quantitative estimate of drug-likeness (QED) is 0.891. The Balaban J connectivity index is 2.19. The lowest BCUT2D eigenvalue weighted by molar-refractivity contribution is -0.227. The van der Waals surface area contributed by atoms with Gasteiger partial charge in [-0.25, -0.2) is 0 Å². The molecule has 8 heteroatoms. The molecule has 0 aliphatic carbocycles. The van der Waals surface area contributed by atoms with Crippen molar-refractivity contribution in [3.8, 4) is 5.75 Å². The van der Waals surface area contributed by atoms with Crippen molar-refractivity contribution in [1.29, 1.82) is 0 Å². The van der Waals surface area contributed by atoms with Crippen molar-refractivity contribution in [2.75, 3.05) is 19.7 Å². The number of benzene rings is 1. The Kier molecular flexibility index (Phi) is 5.05. The molecule has 1 aliphatic heterocycles. The van der Waals surface area contributed by atoms with Crippen LogP contribution in [-0.4, -0.2) is 47.8 Å². The van der Waals surface area contributed by atoms with Crippen LogP contribution in [0.15, 0.2) is 24.3 Å². The largest absolute Gasteiger partial charge is 0.494 e. The van der Waals surface area contributed by atoms with Gasteiger partial charge in [-0.3, -0.25) is 9.59 Å². The Labute approximate surface area is 137 Å². The molecule has 0 saturated carbocycles. The summed E-state index contributed by atoms with van der Waals surface area (Å²) < 4.78 is 44.9. The van der Waals surface area contributed by atoms with Gasteiger partial charge in [0.05, 0.1) is 6.61 Å². The van der Waals surface area contributed by atoms with Gasteiger partial charge in [-0.15, -0.1) is 0 Å². The van der Waals surface area contributed by atoms with E-state index in [1.165, 1.54) is 12.1 Å². The third-order valence-corrected chi connectivity index (χ3v) is 4.06. The zero-order chi connectivity index (χ0) is 18.0. The van der Waals surface area contributed by atoms with Crippen LogP contribution < -0.4 is 4.74 Å². The summed E-state index contributed by atoms with van der Waals surface area (Å²) in [5.41, 5.74) is -2.73. The van der Waals surface area contributed by atoms with Crippen molar-refractivity contribution in [3.63, 3.8) is 0 Å². The van der Waals surface area contributed by atoms with E-state index in [4.69, 9.17) is 9.84 Å². The number of carbonyl (C=O) groups excluding carboxylic acids is 1. The Morgan fingerprint density at radius 3 is 2.62 bits per heavy atom. The van der Waals surface area contributed by atoms with Crippen LogP contribution in [-0.2, 0) is 4.79 Å². The molecule has 0 bridgehead atoms. The monoisotopic (exact) mass is 345 g/mol. The molecule has 0 spiro atoms. The van der Waals surface area contributed by atoms with Gasteiger partial charge in [-0.05, 0) is 31.0 Å². The second kappa shape index (κ2) is 6.70. The highest BCUT2D eigenvalue weighted by Gasteiger charge is 2.64. The molecular formula is C16H18F3NO4. The number of carbonyl (C=O) groups is 2. The molecule has 5 nitrogen and oxygen atoms in total. The smallest absolute Gasteiger partial charge is 0.406 e. The lowest BCUT2D eigenvalue weighted by Crippen LogP contribution is -2.47. The Morgan fingerprint density at radius 1 is 1.38 bits per heavy atom. The Hall–Kier alpha value is -2.25. The number of alkyl halides is 3. The highest BCUT2D eigenvalue weighted by Crippen LogP contribution is 2.46. The van der Waals surface area contributed by atoms with Crippen LogP contribution >= 0.6 is 0 Å². The first-order chi connectivity index (χ1) is 11.2. The van der Waals surface area contributed by atoms with Gasteiger partial charge in [0.1, 0.15) is 5.75 Å². The number of nitrogens with zero attached hydrogens (tertiary/aromatic N) is 1. The summed E-state index contributed by atoms with van der Waals surface area (Å²) in [5.74, 6) is -2.14. The predicted molar refractivity (Wildman–Crippen MR) is 78.9 cm³/mol. The van der Waals surface area contributed by atoms with E-state index in [0.717, 1.165) is 11.3 Å². The molecule has 1 fully saturated rings. The lowest BCUT2D eigenvalue weighted by Gasteiger charge is -2.27. The van der Waals surface area contributed by atoms with Gasteiger partial charge < -0.3 is 14.7 Å². The molecule has 1 atom stereocenters. The van der Waals surface area contributed by atoms with Crippen LogP contribution in [0.25, 0.3) is 0 Å². The topological polar surface area (TPSA) is 66.8 Å². The minimum absolute atomic E-state index is 0.173.